The minimum Gasteiger partial charge on any atom is -0.206 e. The summed E-state index contributed by atoms with van der Waals surface area (Å²) >= 11 is 0. The monoisotopic (exact) mass is 370 g/mol. The fraction of sp³-hybridized carbons (Fsp3) is 0.120. The van der Waals surface area contributed by atoms with E-state index in [-0.39, 0.29) is 5.82 Å². The number of nitrogens with zero attached hydrogens (tertiary/aromatic N) is 2. The molecular weight excluding hydrogens is 347 g/mol. The van der Waals surface area contributed by atoms with Gasteiger partial charge in [-0.05, 0) is 53.6 Å². The van der Waals surface area contributed by atoms with Gasteiger partial charge in [-0.25, -0.2) is 4.39 Å². The van der Waals surface area contributed by atoms with Crippen molar-refractivity contribution in [1.82, 2.24) is 0 Å². The van der Waals surface area contributed by atoms with Crippen LogP contribution in [-0.2, 0) is 6.42 Å². The molecule has 0 radical (unpaired) electrons. The molecule has 0 aliphatic rings. The van der Waals surface area contributed by atoms with Gasteiger partial charge in [0.25, 0.3) is 0 Å². The van der Waals surface area contributed by atoms with E-state index in [1.54, 1.807) is 24.6 Å². The quantitative estimate of drug-likeness (QED) is 0.262. The third-order valence-electron chi connectivity index (χ3n) is 4.44. The van der Waals surface area contributed by atoms with Gasteiger partial charge in [0.05, 0.1) is 12.4 Å². The maximum Gasteiger partial charge on any atom is 0.131 e. The number of halogens is 1. The second kappa shape index (κ2) is 9.56. The molecule has 0 heterocycles. The van der Waals surface area contributed by atoms with E-state index in [4.69, 9.17) is 0 Å². The molecule has 0 aliphatic carbocycles. The maximum absolute atomic E-state index is 14.1. The minimum atomic E-state index is -0.207. The van der Waals surface area contributed by atoms with E-state index in [1.807, 2.05) is 55.5 Å². The number of aryl methyl sites for hydroxylation is 2. The van der Waals surface area contributed by atoms with Crippen LogP contribution in [0.5, 0.6) is 0 Å². The maximum atomic E-state index is 14.1. The molecule has 140 valence electrons. The highest BCUT2D eigenvalue weighted by atomic mass is 19.1. The van der Waals surface area contributed by atoms with Crippen LogP contribution in [0.3, 0.4) is 0 Å². The Labute approximate surface area is 165 Å². The Morgan fingerprint density at radius 1 is 0.857 bits per heavy atom. The van der Waals surface area contributed by atoms with Crippen LogP contribution in [0.1, 0.15) is 28.7 Å². The predicted molar refractivity (Wildman–Crippen MR) is 117 cm³/mol. The average Bonchev–Trinajstić information content (AvgIpc) is 2.71. The fourth-order valence-corrected chi connectivity index (χ4v) is 2.84. The summed E-state index contributed by atoms with van der Waals surface area (Å²) in [5, 5.41) is 8.20. The number of hydrogen-bond donors (Lipinski definition) is 0. The third kappa shape index (κ3) is 5.34. The van der Waals surface area contributed by atoms with Crippen LogP contribution in [0.4, 0.5) is 4.39 Å². The van der Waals surface area contributed by atoms with E-state index in [1.165, 1.54) is 5.56 Å². The van der Waals surface area contributed by atoms with Gasteiger partial charge in [-0.3, -0.25) is 0 Å². The van der Waals surface area contributed by atoms with Gasteiger partial charge in [0.15, 0.2) is 0 Å². The van der Waals surface area contributed by atoms with Gasteiger partial charge in [0.2, 0.25) is 0 Å². The molecule has 0 spiro atoms. The normalized spacial score (nSPS) is 11.4. The van der Waals surface area contributed by atoms with Crippen molar-refractivity contribution < 1.29 is 4.39 Å². The standard InChI is InChI=1S/C25H23FN2/c1-3-4-5-20-7-9-21(10-8-20)17-27-28-18-22-11-13-23(14-12-22)24-15-6-19(2)16-25(24)26/h3,6-18H,1,4-5H2,2H3. The molecule has 0 N–H and O–H groups in total. The molecule has 0 saturated heterocycles. The topological polar surface area (TPSA) is 24.7 Å². The highest BCUT2D eigenvalue weighted by Crippen LogP contribution is 2.23. The highest BCUT2D eigenvalue weighted by molar-refractivity contribution is 5.83. The lowest BCUT2D eigenvalue weighted by Crippen LogP contribution is -1.87. The Morgan fingerprint density at radius 3 is 2.04 bits per heavy atom. The largest absolute Gasteiger partial charge is 0.206 e. The number of allylic oxidation sites excluding steroid dienone is 1. The Balaban J connectivity index is 1.61. The van der Waals surface area contributed by atoms with Gasteiger partial charge in [-0.1, -0.05) is 66.7 Å². The van der Waals surface area contributed by atoms with E-state index in [0.717, 1.165) is 35.1 Å². The lowest BCUT2D eigenvalue weighted by Gasteiger charge is -2.04. The molecule has 3 aromatic carbocycles. The van der Waals surface area contributed by atoms with Crippen molar-refractivity contribution in [3.8, 4) is 11.1 Å². The van der Waals surface area contributed by atoms with E-state index >= 15 is 0 Å². The molecule has 2 nitrogen and oxygen atoms in total. The zero-order chi connectivity index (χ0) is 19.8. The van der Waals surface area contributed by atoms with Crippen LogP contribution in [0.25, 0.3) is 11.1 Å². The lowest BCUT2D eigenvalue weighted by molar-refractivity contribution is 0.630. The van der Waals surface area contributed by atoms with Gasteiger partial charge < -0.3 is 0 Å². The summed E-state index contributed by atoms with van der Waals surface area (Å²) in [5.74, 6) is -0.207. The van der Waals surface area contributed by atoms with Crippen LogP contribution >= 0.6 is 0 Å². The van der Waals surface area contributed by atoms with Crippen molar-refractivity contribution >= 4 is 12.4 Å². The van der Waals surface area contributed by atoms with E-state index < -0.39 is 0 Å². The highest BCUT2D eigenvalue weighted by Gasteiger charge is 2.04. The van der Waals surface area contributed by atoms with Crippen LogP contribution in [0.2, 0.25) is 0 Å². The number of hydrogen-bond acceptors (Lipinski definition) is 2. The van der Waals surface area contributed by atoms with Crippen molar-refractivity contribution in [1.29, 1.82) is 0 Å². The smallest absolute Gasteiger partial charge is 0.131 e. The molecule has 0 atom stereocenters. The third-order valence-corrected chi connectivity index (χ3v) is 4.44. The summed E-state index contributed by atoms with van der Waals surface area (Å²) in [6.07, 6.45) is 7.32. The van der Waals surface area contributed by atoms with E-state index in [2.05, 4.69) is 28.9 Å². The fourth-order valence-electron chi connectivity index (χ4n) is 2.84. The van der Waals surface area contributed by atoms with E-state index in [0.29, 0.717) is 5.56 Å². The van der Waals surface area contributed by atoms with Crippen molar-refractivity contribution in [2.75, 3.05) is 0 Å². The molecule has 3 heteroatoms. The summed E-state index contributed by atoms with van der Waals surface area (Å²) in [6, 6.07) is 21.1. The first-order valence-electron chi connectivity index (χ1n) is 9.28. The van der Waals surface area contributed by atoms with Crippen molar-refractivity contribution in [2.24, 2.45) is 10.2 Å². The first-order chi connectivity index (χ1) is 13.7. The van der Waals surface area contributed by atoms with Crippen molar-refractivity contribution in [2.45, 2.75) is 19.8 Å². The Hall–Kier alpha value is -3.33. The van der Waals surface area contributed by atoms with Crippen molar-refractivity contribution in [3.05, 3.63) is 107 Å². The van der Waals surface area contributed by atoms with Crippen molar-refractivity contribution in [3.63, 3.8) is 0 Å². The SMILES string of the molecule is C=CCCc1ccc(C=NN=Cc2ccc(-c3ccc(C)cc3F)cc2)cc1. The first kappa shape index (κ1) is 19.4. The van der Waals surface area contributed by atoms with Crippen LogP contribution in [-0.4, -0.2) is 12.4 Å². The first-order valence-corrected chi connectivity index (χ1v) is 9.28. The zero-order valence-corrected chi connectivity index (χ0v) is 16.0. The zero-order valence-electron chi connectivity index (χ0n) is 16.0. The Bertz CT molecular complexity index is 984. The molecule has 3 aromatic rings. The van der Waals surface area contributed by atoms with Gasteiger partial charge >= 0.3 is 0 Å². The van der Waals surface area contributed by atoms with E-state index in [9.17, 15) is 4.39 Å². The summed E-state index contributed by atoms with van der Waals surface area (Å²) in [7, 11) is 0. The molecule has 0 aliphatic heterocycles. The number of rotatable bonds is 7. The molecule has 0 aromatic heterocycles. The molecular formula is C25H23FN2. The molecule has 0 fully saturated rings. The molecule has 0 saturated carbocycles. The second-order valence-corrected chi connectivity index (χ2v) is 6.66. The molecule has 0 bridgehead atoms. The molecule has 28 heavy (non-hydrogen) atoms. The van der Waals surface area contributed by atoms with Gasteiger partial charge in [0, 0.05) is 5.56 Å². The predicted octanol–water partition coefficient (Wildman–Crippen LogP) is 6.37. The van der Waals surface area contributed by atoms with Gasteiger partial charge in [-0.15, -0.1) is 6.58 Å². The Morgan fingerprint density at radius 2 is 1.46 bits per heavy atom. The summed E-state index contributed by atoms with van der Waals surface area (Å²) in [5.41, 5.74) is 5.55. The molecule has 3 rings (SSSR count). The second-order valence-electron chi connectivity index (χ2n) is 6.66. The van der Waals surface area contributed by atoms with Crippen LogP contribution < -0.4 is 0 Å². The van der Waals surface area contributed by atoms with Crippen LogP contribution in [0.15, 0.2) is 89.6 Å². The van der Waals surface area contributed by atoms with Gasteiger partial charge in [-0.2, -0.15) is 10.2 Å². The molecule has 0 amide bonds. The lowest BCUT2D eigenvalue weighted by atomic mass is 10.0. The van der Waals surface area contributed by atoms with Crippen LogP contribution in [0, 0.1) is 12.7 Å². The number of benzene rings is 3. The summed E-state index contributed by atoms with van der Waals surface area (Å²) in [4.78, 5) is 0. The Kier molecular flexibility index (Phi) is 6.64. The summed E-state index contributed by atoms with van der Waals surface area (Å²) in [6.45, 7) is 5.62. The average molecular weight is 370 g/mol. The summed E-state index contributed by atoms with van der Waals surface area (Å²) < 4.78 is 14.1. The minimum absolute atomic E-state index is 0.207. The molecule has 0 unspecified atom stereocenters. The van der Waals surface area contributed by atoms with Gasteiger partial charge in [0.1, 0.15) is 5.82 Å².